The number of rotatable bonds is 6. The van der Waals surface area contributed by atoms with Crippen LogP contribution in [0.2, 0.25) is 0 Å². The first-order valence-electron chi connectivity index (χ1n) is 9.40. The van der Waals surface area contributed by atoms with E-state index in [4.69, 9.17) is 0 Å². The molecule has 4 nitrogen and oxygen atoms in total. The van der Waals surface area contributed by atoms with Gasteiger partial charge in [0.2, 0.25) is 0 Å². The highest BCUT2D eigenvalue weighted by atomic mass is 16.2. The van der Waals surface area contributed by atoms with Crippen LogP contribution < -0.4 is 10.6 Å². The van der Waals surface area contributed by atoms with E-state index < -0.39 is 0 Å². The summed E-state index contributed by atoms with van der Waals surface area (Å²) in [6.07, 6.45) is 0.831. The molecule has 0 saturated heterocycles. The van der Waals surface area contributed by atoms with Crippen LogP contribution in [0.3, 0.4) is 0 Å². The summed E-state index contributed by atoms with van der Waals surface area (Å²) in [7, 11) is 0. The Morgan fingerprint density at radius 3 is 2.14 bits per heavy atom. The number of nitrogens with one attached hydrogen (secondary N) is 2. The molecule has 0 saturated carbocycles. The Morgan fingerprint density at radius 1 is 0.786 bits per heavy atom. The fraction of sp³-hybridized carbons (Fsp3) is 0.167. The monoisotopic (exact) mass is 372 g/mol. The molecule has 0 spiro atoms. The Morgan fingerprint density at radius 2 is 1.43 bits per heavy atom. The average molecular weight is 372 g/mol. The van der Waals surface area contributed by atoms with Crippen molar-refractivity contribution in [3.8, 4) is 0 Å². The molecule has 2 amide bonds. The molecule has 0 aromatic heterocycles. The molecule has 2 N–H and O–H groups in total. The maximum Gasteiger partial charge on any atom is 0.255 e. The number of para-hydroxylation sites is 1. The van der Waals surface area contributed by atoms with Gasteiger partial charge in [-0.3, -0.25) is 9.59 Å². The number of hydrogen-bond acceptors (Lipinski definition) is 2. The van der Waals surface area contributed by atoms with Crippen molar-refractivity contribution in [1.29, 1.82) is 0 Å². The van der Waals surface area contributed by atoms with Crippen LogP contribution in [0.5, 0.6) is 0 Å². The van der Waals surface area contributed by atoms with Crippen molar-refractivity contribution in [3.05, 3.63) is 101 Å². The van der Waals surface area contributed by atoms with Crippen LogP contribution in [0.4, 0.5) is 5.69 Å². The van der Waals surface area contributed by atoms with Crippen molar-refractivity contribution in [2.24, 2.45) is 0 Å². The Kier molecular flexibility index (Phi) is 6.22. The summed E-state index contributed by atoms with van der Waals surface area (Å²) in [4.78, 5) is 25.2. The molecule has 0 aliphatic heterocycles. The van der Waals surface area contributed by atoms with Gasteiger partial charge in [-0.2, -0.15) is 0 Å². The maximum atomic E-state index is 12.6. The second-order valence-corrected chi connectivity index (χ2v) is 6.65. The number of carbonyl (C=O) groups excluding carboxylic acids is 2. The minimum atomic E-state index is -0.227. The van der Waals surface area contributed by atoms with Gasteiger partial charge in [0, 0.05) is 23.4 Å². The fourth-order valence-electron chi connectivity index (χ4n) is 3.03. The van der Waals surface area contributed by atoms with E-state index in [-0.39, 0.29) is 11.8 Å². The van der Waals surface area contributed by atoms with E-state index in [1.54, 1.807) is 24.3 Å². The Hall–Kier alpha value is -3.40. The first-order valence-corrected chi connectivity index (χ1v) is 9.40. The van der Waals surface area contributed by atoms with Crippen molar-refractivity contribution in [2.45, 2.75) is 26.8 Å². The molecule has 0 heterocycles. The smallest absolute Gasteiger partial charge is 0.255 e. The molecule has 0 aliphatic rings. The van der Waals surface area contributed by atoms with Gasteiger partial charge in [-0.15, -0.1) is 0 Å². The van der Waals surface area contributed by atoms with Gasteiger partial charge in [0.25, 0.3) is 11.8 Å². The zero-order valence-corrected chi connectivity index (χ0v) is 16.2. The number of hydrogen-bond donors (Lipinski definition) is 2. The SMILES string of the molecule is CCc1ccccc1NC(=O)c1cccc(C(=O)NCc2ccccc2C)c1. The molecule has 3 aromatic rings. The molecule has 4 heteroatoms. The van der Waals surface area contributed by atoms with Gasteiger partial charge in [0.15, 0.2) is 0 Å². The lowest BCUT2D eigenvalue weighted by molar-refractivity contribution is 0.0951. The van der Waals surface area contributed by atoms with E-state index >= 15 is 0 Å². The fourth-order valence-corrected chi connectivity index (χ4v) is 3.03. The van der Waals surface area contributed by atoms with Crippen LogP contribution >= 0.6 is 0 Å². The first-order chi connectivity index (χ1) is 13.6. The van der Waals surface area contributed by atoms with Crippen molar-refractivity contribution < 1.29 is 9.59 Å². The van der Waals surface area contributed by atoms with E-state index in [1.807, 2.05) is 62.4 Å². The summed E-state index contributed by atoms with van der Waals surface area (Å²) in [5.74, 6) is -0.429. The number of amides is 2. The number of aryl methyl sites for hydroxylation is 2. The summed E-state index contributed by atoms with van der Waals surface area (Å²) in [6, 6.07) is 22.4. The highest BCUT2D eigenvalue weighted by molar-refractivity contribution is 6.06. The molecule has 3 aromatic carbocycles. The highest BCUT2D eigenvalue weighted by Crippen LogP contribution is 2.17. The third-order valence-corrected chi connectivity index (χ3v) is 4.73. The molecule has 0 bridgehead atoms. The lowest BCUT2D eigenvalue weighted by Gasteiger charge is -2.11. The zero-order chi connectivity index (χ0) is 19.9. The first kappa shape index (κ1) is 19.4. The quantitative estimate of drug-likeness (QED) is 0.657. The van der Waals surface area contributed by atoms with Crippen LogP contribution in [0.1, 0.15) is 44.3 Å². The zero-order valence-electron chi connectivity index (χ0n) is 16.2. The molecule has 28 heavy (non-hydrogen) atoms. The second kappa shape index (κ2) is 9.00. The van der Waals surface area contributed by atoms with Crippen LogP contribution in [0.25, 0.3) is 0 Å². The van der Waals surface area contributed by atoms with Crippen molar-refractivity contribution >= 4 is 17.5 Å². The Labute approximate surface area is 165 Å². The van der Waals surface area contributed by atoms with Gasteiger partial charge in [-0.05, 0) is 54.3 Å². The van der Waals surface area contributed by atoms with E-state index in [9.17, 15) is 9.59 Å². The van der Waals surface area contributed by atoms with Gasteiger partial charge < -0.3 is 10.6 Å². The largest absolute Gasteiger partial charge is 0.348 e. The van der Waals surface area contributed by atoms with Crippen LogP contribution in [-0.4, -0.2) is 11.8 Å². The number of anilines is 1. The van der Waals surface area contributed by atoms with Gasteiger partial charge in [0.05, 0.1) is 0 Å². The van der Waals surface area contributed by atoms with E-state index in [2.05, 4.69) is 10.6 Å². The number of carbonyl (C=O) groups is 2. The minimum absolute atomic E-state index is 0.202. The standard InChI is InChI=1S/C24H24N2O2/c1-3-18-10-6-7-14-22(18)26-24(28)20-13-8-12-19(15-20)23(27)25-16-21-11-5-4-9-17(21)2/h4-15H,3,16H2,1-2H3,(H,25,27)(H,26,28). The van der Waals surface area contributed by atoms with Crippen molar-refractivity contribution in [1.82, 2.24) is 5.32 Å². The predicted molar refractivity (Wildman–Crippen MR) is 113 cm³/mol. The Bertz CT molecular complexity index is 995. The molecule has 142 valence electrons. The normalized spacial score (nSPS) is 10.4. The minimum Gasteiger partial charge on any atom is -0.348 e. The van der Waals surface area contributed by atoms with Gasteiger partial charge in [-0.1, -0.05) is 55.5 Å². The molecule has 0 aliphatic carbocycles. The van der Waals surface area contributed by atoms with Gasteiger partial charge in [0.1, 0.15) is 0 Å². The van der Waals surface area contributed by atoms with Crippen molar-refractivity contribution in [3.63, 3.8) is 0 Å². The molecular weight excluding hydrogens is 348 g/mol. The topological polar surface area (TPSA) is 58.2 Å². The summed E-state index contributed by atoms with van der Waals surface area (Å²) < 4.78 is 0. The maximum absolute atomic E-state index is 12.6. The summed E-state index contributed by atoms with van der Waals surface area (Å²) >= 11 is 0. The van der Waals surface area contributed by atoms with Crippen molar-refractivity contribution in [2.75, 3.05) is 5.32 Å². The second-order valence-electron chi connectivity index (χ2n) is 6.65. The third-order valence-electron chi connectivity index (χ3n) is 4.73. The molecule has 3 rings (SSSR count). The third kappa shape index (κ3) is 4.65. The van der Waals surface area contributed by atoms with Crippen LogP contribution in [0.15, 0.2) is 72.8 Å². The average Bonchev–Trinajstić information content (AvgIpc) is 2.73. The van der Waals surface area contributed by atoms with E-state index in [0.29, 0.717) is 17.7 Å². The predicted octanol–water partition coefficient (Wildman–Crippen LogP) is 4.74. The van der Waals surface area contributed by atoms with Crippen LogP contribution in [0, 0.1) is 6.92 Å². The van der Waals surface area contributed by atoms with Gasteiger partial charge in [-0.25, -0.2) is 0 Å². The Balaban J connectivity index is 1.70. The summed E-state index contributed by atoms with van der Waals surface area (Å²) in [5.41, 5.74) is 4.98. The summed E-state index contributed by atoms with van der Waals surface area (Å²) in [5, 5.41) is 5.86. The van der Waals surface area contributed by atoms with E-state index in [1.165, 1.54) is 0 Å². The highest BCUT2D eigenvalue weighted by Gasteiger charge is 2.12. The van der Waals surface area contributed by atoms with Gasteiger partial charge >= 0.3 is 0 Å². The molecular formula is C24H24N2O2. The molecule has 0 fully saturated rings. The molecule has 0 atom stereocenters. The summed E-state index contributed by atoms with van der Waals surface area (Å²) in [6.45, 7) is 4.51. The lowest BCUT2D eigenvalue weighted by atomic mass is 10.1. The number of benzene rings is 3. The van der Waals surface area contributed by atoms with Crippen LogP contribution in [-0.2, 0) is 13.0 Å². The van der Waals surface area contributed by atoms with E-state index in [0.717, 1.165) is 28.8 Å². The lowest BCUT2D eigenvalue weighted by Crippen LogP contribution is -2.23. The molecule has 0 radical (unpaired) electrons. The molecule has 0 unspecified atom stereocenters.